The summed E-state index contributed by atoms with van der Waals surface area (Å²) in [6, 6.07) is 6.12. The van der Waals surface area contributed by atoms with E-state index in [2.05, 4.69) is 23.4 Å². The van der Waals surface area contributed by atoms with E-state index < -0.39 is 10.0 Å². The molecule has 2 rings (SSSR count). The number of unbranched alkanes of at least 4 members (excludes halogenated alkanes) is 1. The van der Waals surface area contributed by atoms with Gasteiger partial charge in [0, 0.05) is 18.0 Å². The summed E-state index contributed by atoms with van der Waals surface area (Å²) in [7, 11) is -3.67. The quantitative estimate of drug-likeness (QED) is 0.531. The summed E-state index contributed by atoms with van der Waals surface area (Å²) in [6.07, 6.45) is 2.29. The standard InChI is InChI=1S/C17H25N3O3S2/c1-4-5-10-20-14(3)13(2)19-17(20)24-12-11-23-15-6-8-16(9-7-15)25(18,21)22/h6-9H,4-5,10-12H2,1-3H3,(H2,18,21,22). The summed E-state index contributed by atoms with van der Waals surface area (Å²) < 4.78 is 30.4. The highest BCUT2D eigenvalue weighted by Gasteiger charge is 2.11. The Morgan fingerprint density at radius 2 is 1.92 bits per heavy atom. The number of hydrogen-bond donors (Lipinski definition) is 1. The van der Waals surface area contributed by atoms with E-state index in [4.69, 9.17) is 9.88 Å². The molecule has 2 aromatic rings. The molecule has 1 aromatic carbocycles. The summed E-state index contributed by atoms with van der Waals surface area (Å²) in [6.45, 7) is 7.82. The van der Waals surface area contributed by atoms with Crippen LogP contribution in [0, 0.1) is 13.8 Å². The minimum absolute atomic E-state index is 0.0816. The first-order chi connectivity index (χ1) is 11.8. The van der Waals surface area contributed by atoms with E-state index in [0.29, 0.717) is 12.4 Å². The van der Waals surface area contributed by atoms with Crippen LogP contribution in [0.15, 0.2) is 34.3 Å². The van der Waals surface area contributed by atoms with Gasteiger partial charge in [0.1, 0.15) is 5.75 Å². The molecule has 8 heteroatoms. The van der Waals surface area contributed by atoms with Crippen LogP contribution in [0.4, 0.5) is 0 Å². The number of aryl methyl sites for hydroxylation is 1. The number of nitrogens with zero attached hydrogens (tertiary/aromatic N) is 2. The van der Waals surface area contributed by atoms with Crippen LogP contribution in [0.25, 0.3) is 0 Å². The highest BCUT2D eigenvalue weighted by atomic mass is 32.2. The van der Waals surface area contributed by atoms with Crippen molar-refractivity contribution in [3.63, 3.8) is 0 Å². The maximum absolute atomic E-state index is 11.2. The highest BCUT2D eigenvalue weighted by Crippen LogP contribution is 2.22. The van der Waals surface area contributed by atoms with Crippen LogP contribution in [0.1, 0.15) is 31.2 Å². The molecule has 0 unspecified atom stereocenters. The first kappa shape index (κ1) is 19.8. The molecule has 0 amide bonds. The fraction of sp³-hybridized carbons (Fsp3) is 0.471. The number of hydrogen-bond acceptors (Lipinski definition) is 5. The molecule has 1 aromatic heterocycles. The van der Waals surface area contributed by atoms with Crippen molar-refractivity contribution in [2.45, 2.75) is 50.2 Å². The second kappa shape index (κ2) is 8.73. The number of thioether (sulfide) groups is 1. The van der Waals surface area contributed by atoms with Crippen molar-refractivity contribution in [3.05, 3.63) is 35.7 Å². The average Bonchev–Trinajstić information content (AvgIpc) is 2.83. The zero-order chi connectivity index (χ0) is 18.4. The molecule has 0 saturated carbocycles. The Hall–Kier alpha value is -1.51. The van der Waals surface area contributed by atoms with Gasteiger partial charge in [-0.3, -0.25) is 0 Å². The van der Waals surface area contributed by atoms with Crippen LogP contribution >= 0.6 is 11.8 Å². The number of imidazole rings is 1. The van der Waals surface area contributed by atoms with Crippen LogP contribution in [0.2, 0.25) is 0 Å². The third-order valence-corrected chi connectivity index (χ3v) is 5.76. The molecule has 0 fully saturated rings. The Balaban J connectivity index is 1.88. The van der Waals surface area contributed by atoms with Gasteiger partial charge in [0.25, 0.3) is 0 Å². The Kier molecular flexibility index (Phi) is 6.92. The fourth-order valence-electron chi connectivity index (χ4n) is 2.33. The predicted octanol–water partition coefficient (Wildman–Crippen LogP) is 3.12. The lowest BCUT2D eigenvalue weighted by Gasteiger charge is -2.10. The van der Waals surface area contributed by atoms with E-state index in [1.165, 1.54) is 17.8 Å². The second-order valence-electron chi connectivity index (χ2n) is 5.78. The number of primary sulfonamides is 1. The molecule has 0 aliphatic carbocycles. The van der Waals surface area contributed by atoms with E-state index in [1.807, 2.05) is 6.92 Å². The summed E-state index contributed by atoms with van der Waals surface area (Å²) in [5.41, 5.74) is 2.29. The van der Waals surface area contributed by atoms with E-state index >= 15 is 0 Å². The van der Waals surface area contributed by atoms with Gasteiger partial charge >= 0.3 is 0 Å². The largest absolute Gasteiger partial charge is 0.493 e. The van der Waals surface area contributed by atoms with Crippen LogP contribution in [-0.2, 0) is 16.6 Å². The molecule has 2 N–H and O–H groups in total. The summed E-state index contributed by atoms with van der Waals surface area (Å²) in [4.78, 5) is 4.72. The van der Waals surface area contributed by atoms with Gasteiger partial charge in [-0.05, 0) is 44.5 Å². The van der Waals surface area contributed by atoms with Crippen LogP contribution in [0.5, 0.6) is 5.75 Å². The molecule has 0 radical (unpaired) electrons. The molecule has 6 nitrogen and oxygen atoms in total. The minimum Gasteiger partial charge on any atom is -0.493 e. The van der Waals surface area contributed by atoms with E-state index in [0.717, 1.165) is 36.0 Å². The summed E-state index contributed by atoms with van der Waals surface area (Å²) in [5.74, 6) is 1.38. The number of nitrogens with two attached hydrogens (primary N) is 1. The minimum atomic E-state index is -3.67. The molecular formula is C17H25N3O3S2. The van der Waals surface area contributed by atoms with E-state index in [9.17, 15) is 8.42 Å². The molecule has 0 saturated heterocycles. The first-order valence-electron chi connectivity index (χ1n) is 8.25. The molecule has 0 spiro atoms. The molecule has 0 bridgehead atoms. The van der Waals surface area contributed by atoms with Crippen molar-refractivity contribution in [1.82, 2.24) is 9.55 Å². The first-order valence-corrected chi connectivity index (χ1v) is 10.8. The van der Waals surface area contributed by atoms with Crippen molar-refractivity contribution in [2.75, 3.05) is 12.4 Å². The number of ether oxygens (including phenoxy) is 1. The fourth-order valence-corrected chi connectivity index (χ4v) is 3.78. The predicted molar refractivity (Wildman–Crippen MR) is 101 cm³/mol. The Labute approximate surface area is 153 Å². The number of rotatable bonds is 9. The van der Waals surface area contributed by atoms with E-state index in [-0.39, 0.29) is 4.90 Å². The van der Waals surface area contributed by atoms with Crippen molar-refractivity contribution in [2.24, 2.45) is 5.14 Å². The third-order valence-electron chi connectivity index (χ3n) is 3.89. The van der Waals surface area contributed by atoms with Crippen molar-refractivity contribution in [3.8, 4) is 5.75 Å². The van der Waals surface area contributed by atoms with Gasteiger partial charge in [0.2, 0.25) is 10.0 Å². The molecule has 1 heterocycles. The van der Waals surface area contributed by atoms with Gasteiger partial charge in [0.05, 0.1) is 17.2 Å². The lowest BCUT2D eigenvalue weighted by Crippen LogP contribution is -2.11. The van der Waals surface area contributed by atoms with Crippen LogP contribution < -0.4 is 9.88 Å². The smallest absolute Gasteiger partial charge is 0.238 e. The van der Waals surface area contributed by atoms with Gasteiger partial charge in [0.15, 0.2) is 5.16 Å². The average molecular weight is 384 g/mol. The maximum atomic E-state index is 11.2. The van der Waals surface area contributed by atoms with Gasteiger partial charge in [-0.25, -0.2) is 18.5 Å². The Morgan fingerprint density at radius 3 is 2.52 bits per heavy atom. The van der Waals surface area contributed by atoms with Crippen molar-refractivity contribution in [1.29, 1.82) is 0 Å². The van der Waals surface area contributed by atoms with Crippen molar-refractivity contribution < 1.29 is 13.2 Å². The SMILES string of the molecule is CCCCn1c(SCCOc2ccc(S(N)(=O)=O)cc2)nc(C)c1C. The summed E-state index contributed by atoms with van der Waals surface area (Å²) >= 11 is 1.67. The third kappa shape index (κ3) is 5.49. The molecule has 0 atom stereocenters. The Bertz CT molecular complexity index is 799. The second-order valence-corrected chi connectivity index (χ2v) is 8.41. The van der Waals surface area contributed by atoms with Gasteiger partial charge in [-0.1, -0.05) is 25.1 Å². The van der Waals surface area contributed by atoms with E-state index in [1.54, 1.807) is 23.9 Å². The molecule has 25 heavy (non-hydrogen) atoms. The monoisotopic (exact) mass is 383 g/mol. The maximum Gasteiger partial charge on any atom is 0.238 e. The van der Waals surface area contributed by atoms with Crippen LogP contribution in [0.3, 0.4) is 0 Å². The molecule has 0 aliphatic rings. The normalized spacial score (nSPS) is 11.7. The van der Waals surface area contributed by atoms with Crippen LogP contribution in [-0.4, -0.2) is 30.3 Å². The molecule has 138 valence electrons. The molecule has 0 aliphatic heterocycles. The van der Waals surface area contributed by atoms with Gasteiger partial charge in [-0.2, -0.15) is 0 Å². The number of sulfonamides is 1. The Morgan fingerprint density at radius 1 is 1.24 bits per heavy atom. The van der Waals surface area contributed by atoms with Gasteiger partial charge in [-0.15, -0.1) is 0 Å². The highest BCUT2D eigenvalue weighted by molar-refractivity contribution is 7.99. The lowest BCUT2D eigenvalue weighted by atomic mass is 10.3. The van der Waals surface area contributed by atoms with Crippen molar-refractivity contribution >= 4 is 21.8 Å². The zero-order valence-electron chi connectivity index (χ0n) is 14.9. The number of aromatic nitrogens is 2. The summed E-state index contributed by atoms with van der Waals surface area (Å²) in [5, 5.41) is 6.10. The zero-order valence-corrected chi connectivity index (χ0v) is 16.5. The molecular weight excluding hydrogens is 358 g/mol. The number of benzene rings is 1. The topological polar surface area (TPSA) is 87.2 Å². The lowest BCUT2D eigenvalue weighted by molar-refractivity contribution is 0.343. The van der Waals surface area contributed by atoms with Gasteiger partial charge < -0.3 is 9.30 Å².